The topological polar surface area (TPSA) is 66.5 Å². The second-order valence-corrected chi connectivity index (χ2v) is 8.13. The van der Waals surface area contributed by atoms with Gasteiger partial charge in [-0.1, -0.05) is 0 Å². The van der Waals surface area contributed by atoms with Gasteiger partial charge >= 0.3 is 0 Å². The van der Waals surface area contributed by atoms with Gasteiger partial charge < -0.3 is 10.2 Å². The van der Waals surface area contributed by atoms with Gasteiger partial charge in [0.05, 0.1) is 5.25 Å². The zero-order valence-electron chi connectivity index (χ0n) is 12.2. The lowest BCUT2D eigenvalue weighted by Gasteiger charge is -2.32. The molecule has 0 radical (unpaired) electrons. The average Bonchev–Trinajstić information content (AvgIpc) is 2.36. The highest BCUT2D eigenvalue weighted by Gasteiger charge is 2.27. The van der Waals surface area contributed by atoms with Crippen LogP contribution in [0.3, 0.4) is 0 Å². The van der Waals surface area contributed by atoms with Gasteiger partial charge in [-0.15, -0.1) is 0 Å². The van der Waals surface area contributed by atoms with Gasteiger partial charge in [0.2, 0.25) is 5.91 Å². The molecule has 0 aromatic carbocycles. The van der Waals surface area contributed by atoms with Crippen LogP contribution in [-0.2, 0) is 14.6 Å². The van der Waals surface area contributed by atoms with Crippen molar-refractivity contribution in [3.05, 3.63) is 0 Å². The first-order valence-corrected chi connectivity index (χ1v) is 8.72. The first-order valence-electron chi connectivity index (χ1n) is 7.00. The molecular weight excluding hydrogens is 264 g/mol. The number of carbonyl (C=O) groups excluding carboxylic acids is 1. The summed E-state index contributed by atoms with van der Waals surface area (Å²) in [5.41, 5.74) is 0. The van der Waals surface area contributed by atoms with Crippen LogP contribution < -0.4 is 5.32 Å². The largest absolute Gasteiger partial charge is 0.342 e. The van der Waals surface area contributed by atoms with Crippen LogP contribution in [-0.4, -0.2) is 56.9 Å². The van der Waals surface area contributed by atoms with Crippen molar-refractivity contribution in [1.29, 1.82) is 0 Å². The van der Waals surface area contributed by atoms with E-state index in [9.17, 15) is 13.2 Å². The summed E-state index contributed by atoms with van der Waals surface area (Å²) in [6.45, 7) is 5.63. The molecule has 0 saturated carbocycles. The predicted molar refractivity (Wildman–Crippen MR) is 76.8 cm³/mol. The fourth-order valence-corrected chi connectivity index (χ4v) is 3.11. The van der Waals surface area contributed by atoms with E-state index in [2.05, 4.69) is 5.32 Å². The van der Waals surface area contributed by atoms with E-state index in [0.29, 0.717) is 19.0 Å². The third kappa shape index (κ3) is 5.10. The Morgan fingerprint density at radius 2 is 1.89 bits per heavy atom. The SMILES string of the molecule is CNCCC1CCN(C(=O)CS(=O)(=O)C(C)C)CC1. The van der Waals surface area contributed by atoms with Crippen LogP contribution in [0.15, 0.2) is 0 Å². The van der Waals surface area contributed by atoms with Crippen LogP contribution in [0.25, 0.3) is 0 Å². The normalized spacial score (nSPS) is 18.0. The van der Waals surface area contributed by atoms with Crippen LogP contribution in [0.1, 0.15) is 33.1 Å². The summed E-state index contributed by atoms with van der Waals surface area (Å²) in [7, 11) is -1.34. The number of amides is 1. The molecule has 112 valence electrons. The Labute approximate surface area is 116 Å². The molecule has 0 aliphatic carbocycles. The molecule has 1 aliphatic heterocycles. The fourth-order valence-electron chi connectivity index (χ4n) is 2.25. The van der Waals surface area contributed by atoms with E-state index in [-0.39, 0.29) is 11.7 Å². The van der Waals surface area contributed by atoms with Gasteiger partial charge in [0, 0.05) is 13.1 Å². The highest BCUT2D eigenvalue weighted by atomic mass is 32.2. The number of hydrogen-bond acceptors (Lipinski definition) is 4. The standard InChI is InChI=1S/C13H26N2O3S/c1-11(2)19(17,18)10-13(16)15-8-5-12(6-9-15)4-7-14-3/h11-12,14H,4-10H2,1-3H3. The smallest absolute Gasteiger partial charge is 0.237 e. The van der Waals surface area contributed by atoms with Crippen LogP contribution in [0.2, 0.25) is 0 Å². The predicted octanol–water partition coefficient (Wildman–Crippen LogP) is 0.658. The first-order chi connectivity index (χ1) is 8.86. The number of rotatable bonds is 6. The number of likely N-dealkylation sites (tertiary alicyclic amines) is 1. The third-order valence-electron chi connectivity index (χ3n) is 3.81. The molecule has 0 unspecified atom stereocenters. The molecule has 1 aliphatic rings. The molecule has 1 N–H and O–H groups in total. The van der Waals surface area contributed by atoms with Crippen LogP contribution >= 0.6 is 0 Å². The maximum atomic E-state index is 12.0. The highest BCUT2D eigenvalue weighted by molar-refractivity contribution is 7.92. The van der Waals surface area contributed by atoms with Gasteiger partial charge in [0.25, 0.3) is 0 Å². The molecule has 0 bridgehead atoms. The molecule has 1 amide bonds. The second kappa shape index (κ2) is 7.24. The number of piperidine rings is 1. The van der Waals surface area contributed by atoms with Gasteiger partial charge in [-0.3, -0.25) is 4.79 Å². The lowest BCUT2D eigenvalue weighted by Crippen LogP contribution is -2.42. The summed E-state index contributed by atoms with van der Waals surface area (Å²) in [4.78, 5) is 13.7. The molecule has 1 heterocycles. The van der Waals surface area contributed by atoms with Crippen molar-refractivity contribution < 1.29 is 13.2 Å². The van der Waals surface area contributed by atoms with Crippen molar-refractivity contribution in [3.8, 4) is 0 Å². The summed E-state index contributed by atoms with van der Waals surface area (Å²) >= 11 is 0. The van der Waals surface area contributed by atoms with Gasteiger partial charge in [0.1, 0.15) is 5.75 Å². The Morgan fingerprint density at radius 3 is 2.37 bits per heavy atom. The van der Waals surface area contributed by atoms with E-state index < -0.39 is 15.1 Å². The fraction of sp³-hybridized carbons (Fsp3) is 0.923. The molecule has 5 nitrogen and oxygen atoms in total. The molecular formula is C13H26N2O3S. The maximum Gasteiger partial charge on any atom is 0.237 e. The second-order valence-electron chi connectivity index (χ2n) is 5.57. The van der Waals surface area contributed by atoms with Crippen LogP contribution in [0, 0.1) is 5.92 Å². The zero-order valence-corrected chi connectivity index (χ0v) is 13.0. The van der Waals surface area contributed by atoms with Crippen molar-refractivity contribution in [3.63, 3.8) is 0 Å². The monoisotopic (exact) mass is 290 g/mol. The van der Waals surface area contributed by atoms with Crippen molar-refractivity contribution in [1.82, 2.24) is 10.2 Å². The van der Waals surface area contributed by atoms with Crippen LogP contribution in [0.4, 0.5) is 0 Å². The van der Waals surface area contributed by atoms with Gasteiger partial charge in [0.15, 0.2) is 9.84 Å². The lowest BCUT2D eigenvalue weighted by atomic mass is 9.93. The summed E-state index contributed by atoms with van der Waals surface area (Å²) < 4.78 is 23.5. The minimum atomic E-state index is -3.28. The van der Waals surface area contributed by atoms with Gasteiger partial charge in [-0.25, -0.2) is 8.42 Å². The zero-order chi connectivity index (χ0) is 14.5. The van der Waals surface area contributed by atoms with E-state index in [4.69, 9.17) is 0 Å². The number of nitrogens with zero attached hydrogens (tertiary/aromatic N) is 1. The van der Waals surface area contributed by atoms with Crippen LogP contribution in [0.5, 0.6) is 0 Å². The maximum absolute atomic E-state index is 12.0. The van der Waals surface area contributed by atoms with Crippen molar-refractivity contribution >= 4 is 15.7 Å². The molecule has 0 spiro atoms. The van der Waals surface area contributed by atoms with E-state index >= 15 is 0 Å². The third-order valence-corrected chi connectivity index (χ3v) is 5.90. The molecule has 0 aromatic heterocycles. The Bertz CT molecular complexity index is 385. The number of hydrogen-bond donors (Lipinski definition) is 1. The van der Waals surface area contributed by atoms with Gasteiger partial charge in [-0.05, 0) is 52.6 Å². The lowest BCUT2D eigenvalue weighted by molar-refractivity contribution is -0.129. The Kier molecular flexibility index (Phi) is 6.26. The molecule has 0 aromatic rings. The molecule has 6 heteroatoms. The van der Waals surface area contributed by atoms with E-state index in [0.717, 1.165) is 25.8 Å². The van der Waals surface area contributed by atoms with Gasteiger partial charge in [-0.2, -0.15) is 0 Å². The van der Waals surface area contributed by atoms with E-state index in [1.807, 2.05) is 7.05 Å². The number of carbonyl (C=O) groups is 1. The average molecular weight is 290 g/mol. The minimum absolute atomic E-state index is 0.235. The quantitative estimate of drug-likeness (QED) is 0.780. The molecule has 0 atom stereocenters. The number of sulfone groups is 1. The van der Waals surface area contributed by atoms with Crippen molar-refractivity contribution in [2.24, 2.45) is 5.92 Å². The minimum Gasteiger partial charge on any atom is -0.342 e. The highest BCUT2D eigenvalue weighted by Crippen LogP contribution is 2.20. The summed E-state index contributed by atoms with van der Waals surface area (Å²) in [6, 6.07) is 0. The van der Waals surface area contributed by atoms with E-state index in [1.54, 1.807) is 18.7 Å². The Hall–Kier alpha value is -0.620. The summed E-state index contributed by atoms with van der Waals surface area (Å²) in [5, 5.41) is 2.65. The number of nitrogens with one attached hydrogen (secondary N) is 1. The molecule has 1 saturated heterocycles. The summed E-state index contributed by atoms with van der Waals surface area (Å²) in [6.07, 6.45) is 3.09. The first kappa shape index (κ1) is 16.4. The summed E-state index contributed by atoms with van der Waals surface area (Å²) in [5.74, 6) is 0.0743. The molecule has 19 heavy (non-hydrogen) atoms. The Balaban J connectivity index is 2.41. The molecule has 1 fully saturated rings. The Morgan fingerprint density at radius 1 is 1.32 bits per heavy atom. The van der Waals surface area contributed by atoms with E-state index in [1.165, 1.54) is 0 Å². The van der Waals surface area contributed by atoms with Crippen molar-refractivity contribution in [2.45, 2.75) is 38.4 Å². The molecule has 1 rings (SSSR count). The van der Waals surface area contributed by atoms with Crippen molar-refractivity contribution in [2.75, 3.05) is 32.4 Å².